The highest BCUT2D eigenvalue weighted by Crippen LogP contribution is 2.29. The first-order chi connectivity index (χ1) is 7.70. The number of fused-ring (bicyclic) bond motifs is 1. The summed E-state index contributed by atoms with van der Waals surface area (Å²) in [5.74, 6) is 0.0723. The second-order valence-electron chi connectivity index (χ2n) is 3.10. The van der Waals surface area contributed by atoms with Gasteiger partial charge in [0.25, 0.3) is 0 Å². The molecule has 0 amide bonds. The molecule has 0 saturated carbocycles. The van der Waals surface area contributed by atoms with E-state index in [0.29, 0.717) is 5.69 Å². The summed E-state index contributed by atoms with van der Waals surface area (Å²) < 4.78 is 0.894. The zero-order chi connectivity index (χ0) is 11.5. The Kier molecular flexibility index (Phi) is 2.79. The highest BCUT2D eigenvalue weighted by atomic mass is 79.9. The Morgan fingerprint density at radius 2 is 2.38 bits per heavy atom. The molecule has 16 heavy (non-hydrogen) atoms. The van der Waals surface area contributed by atoms with E-state index in [1.807, 2.05) is 24.4 Å². The average molecular weight is 278 g/mol. The minimum atomic E-state index is 0.0723. The average Bonchev–Trinajstić information content (AvgIpc) is 2.65. The quantitative estimate of drug-likeness (QED) is 0.322. The molecule has 2 aromatic rings. The first-order valence-corrected chi connectivity index (χ1v) is 5.26. The molecular formula is C10H8BrN5. The fourth-order valence-corrected chi connectivity index (χ4v) is 1.87. The van der Waals surface area contributed by atoms with Crippen LogP contribution in [0.1, 0.15) is 0 Å². The van der Waals surface area contributed by atoms with Gasteiger partial charge in [0.1, 0.15) is 0 Å². The zero-order valence-electron chi connectivity index (χ0n) is 8.16. The Bertz CT molecular complexity index is 593. The van der Waals surface area contributed by atoms with Crippen molar-refractivity contribution in [3.63, 3.8) is 0 Å². The minimum Gasteiger partial charge on any atom is -0.369 e. The molecule has 0 aliphatic rings. The number of nitrogens with two attached hydrogens (primary N) is 1. The van der Waals surface area contributed by atoms with Gasteiger partial charge in [0.05, 0.1) is 5.69 Å². The third-order valence-electron chi connectivity index (χ3n) is 2.04. The fraction of sp³-hybridized carbons (Fsp3) is 0. The number of aromatic amines is 1. The number of hydrogen-bond acceptors (Lipinski definition) is 2. The van der Waals surface area contributed by atoms with E-state index in [1.165, 1.54) is 0 Å². The molecule has 0 fully saturated rings. The zero-order valence-corrected chi connectivity index (χ0v) is 9.75. The van der Waals surface area contributed by atoms with Crippen LogP contribution in [0.3, 0.4) is 0 Å². The maximum atomic E-state index is 8.41. The van der Waals surface area contributed by atoms with Crippen LogP contribution in [0.15, 0.2) is 33.9 Å². The summed E-state index contributed by atoms with van der Waals surface area (Å²) in [6, 6.07) is 5.69. The van der Waals surface area contributed by atoms with Crippen LogP contribution in [0.5, 0.6) is 0 Å². The van der Waals surface area contributed by atoms with Crippen LogP contribution in [0.25, 0.3) is 10.9 Å². The number of nitrogens with zero attached hydrogens (tertiary/aromatic N) is 2. The minimum absolute atomic E-state index is 0.0723. The number of guanidine groups is 1. The molecule has 4 N–H and O–H groups in total. The maximum Gasteiger partial charge on any atom is 0.207 e. The number of aliphatic imine (C=N–C) groups is 1. The summed E-state index contributed by atoms with van der Waals surface area (Å²) in [5.41, 5.74) is 7.17. The molecule has 1 aromatic carbocycles. The van der Waals surface area contributed by atoms with Crippen molar-refractivity contribution in [2.75, 3.05) is 0 Å². The number of H-pyrrole nitrogens is 1. The molecule has 0 aliphatic heterocycles. The fourth-order valence-electron chi connectivity index (χ4n) is 1.42. The number of nitrogens with one attached hydrogen (secondary N) is 2. The molecule has 6 heteroatoms. The van der Waals surface area contributed by atoms with Gasteiger partial charge in [0, 0.05) is 21.6 Å². The summed E-state index contributed by atoms with van der Waals surface area (Å²) in [6.45, 7) is 0. The maximum absolute atomic E-state index is 8.41. The largest absolute Gasteiger partial charge is 0.369 e. The predicted molar refractivity (Wildman–Crippen MR) is 66.0 cm³/mol. The molecular weight excluding hydrogens is 270 g/mol. The SMILES string of the molecule is N#CNC(N)=Nc1cc(Br)cc2[nH]ccc12. The van der Waals surface area contributed by atoms with Crippen LogP contribution in [0, 0.1) is 11.5 Å². The van der Waals surface area contributed by atoms with Crippen LogP contribution in [-0.2, 0) is 0 Å². The standard InChI is InChI=1S/C10H8BrN5/c11-6-3-8-7(1-2-14-8)9(4-6)16-10(13)15-5-12/h1-4,14H,(H3,13,15,16). The first kappa shape index (κ1) is 10.5. The van der Waals surface area contributed by atoms with E-state index in [0.717, 1.165) is 15.4 Å². The Hall–Kier alpha value is -2.00. The first-order valence-electron chi connectivity index (χ1n) is 4.46. The lowest BCUT2D eigenvalue weighted by atomic mass is 10.2. The number of halogens is 1. The second-order valence-corrected chi connectivity index (χ2v) is 4.01. The molecule has 5 nitrogen and oxygen atoms in total. The van der Waals surface area contributed by atoms with E-state index < -0.39 is 0 Å². The van der Waals surface area contributed by atoms with Crippen molar-refractivity contribution in [1.82, 2.24) is 10.3 Å². The van der Waals surface area contributed by atoms with Gasteiger partial charge in [-0.1, -0.05) is 15.9 Å². The van der Waals surface area contributed by atoms with Gasteiger partial charge in [-0.3, -0.25) is 5.32 Å². The molecule has 80 valence electrons. The topological polar surface area (TPSA) is 90.0 Å². The summed E-state index contributed by atoms with van der Waals surface area (Å²) in [7, 11) is 0. The highest BCUT2D eigenvalue weighted by molar-refractivity contribution is 9.10. The van der Waals surface area contributed by atoms with Crippen molar-refractivity contribution in [2.45, 2.75) is 0 Å². The van der Waals surface area contributed by atoms with Crippen molar-refractivity contribution in [3.8, 4) is 6.19 Å². The molecule has 2 rings (SSSR count). The van der Waals surface area contributed by atoms with Crippen molar-refractivity contribution in [3.05, 3.63) is 28.9 Å². The Labute approximate surface area is 100 Å². The van der Waals surface area contributed by atoms with Gasteiger partial charge in [-0.25, -0.2) is 4.99 Å². The number of rotatable bonds is 1. The lowest BCUT2D eigenvalue weighted by Gasteiger charge is -2.00. The van der Waals surface area contributed by atoms with Gasteiger partial charge >= 0.3 is 0 Å². The van der Waals surface area contributed by atoms with Gasteiger partial charge in [0.2, 0.25) is 5.96 Å². The molecule has 0 spiro atoms. The second kappa shape index (κ2) is 4.24. The molecule has 0 unspecified atom stereocenters. The van der Waals surface area contributed by atoms with Crippen LogP contribution in [-0.4, -0.2) is 10.9 Å². The Morgan fingerprint density at radius 3 is 3.12 bits per heavy atom. The smallest absolute Gasteiger partial charge is 0.207 e. The summed E-state index contributed by atoms with van der Waals surface area (Å²) >= 11 is 3.38. The molecule has 1 aromatic heterocycles. The van der Waals surface area contributed by atoms with Crippen LogP contribution >= 0.6 is 15.9 Å². The van der Waals surface area contributed by atoms with Crippen molar-refractivity contribution >= 4 is 38.5 Å². The molecule has 0 atom stereocenters. The predicted octanol–water partition coefficient (Wildman–Crippen LogP) is 1.95. The molecule has 0 saturated heterocycles. The highest BCUT2D eigenvalue weighted by Gasteiger charge is 2.03. The van der Waals surface area contributed by atoms with Gasteiger partial charge in [0.15, 0.2) is 6.19 Å². The van der Waals surface area contributed by atoms with E-state index in [-0.39, 0.29) is 5.96 Å². The van der Waals surface area contributed by atoms with Gasteiger partial charge in [-0.05, 0) is 18.2 Å². The van der Waals surface area contributed by atoms with E-state index in [4.69, 9.17) is 11.0 Å². The number of benzene rings is 1. The number of nitriles is 1. The van der Waals surface area contributed by atoms with Gasteiger partial charge in [-0.2, -0.15) is 5.26 Å². The third kappa shape index (κ3) is 1.99. The Morgan fingerprint density at radius 1 is 1.56 bits per heavy atom. The third-order valence-corrected chi connectivity index (χ3v) is 2.49. The molecule has 0 radical (unpaired) electrons. The number of hydrogen-bond donors (Lipinski definition) is 3. The van der Waals surface area contributed by atoms with Crippen LogP contribution < -0.4 is 11.1 Å². The van der Waals surface area contributed by atoms with Crippen molar-refractivity contribution in [2.24, 2.45) is 10.7 Å². The van der Waals surface area contributed by atoms with Crippen LogP contribution in [0.4, 0.5) is 5.69 Å². The normalized spacial score (nSPS) is 11.4. The lowest BCUT2D eigenvalue weighted by molar-refractivity contribution is 1.22. The molecule has 0 bridgehead atoms. The van der Waals surface area contributed by atoms with E-state index in [2.05, 4.69) is 31.2 Å². The number of aromatic nitrogens is 1. The van der Waals surface area contributed by atoms with Gasteiger partial charge < -0.3 is 10.7 Å². The Balaban J connectivity index is 2.55. The van der Waals surface area contributed by atoms with E-state index >= 15 is 0 Å². The molecule has 1 heterocycles. The van der Waals surface area contributed by atoms with Crippen molar-refractivity contribution in [1.29, 1.82) is 5.26 Å². The van der Waals surface area contributed by atoms with Crippen molar-refractivity contribution < 1.29 is 0 Å². The summed E-state index contributed by atoms with van der Waals surface area (Å²) in [5, 5.41) is 11.6. The van der Waals surface area contributed by atoms with E-state index in [9.17, 15) is 0 Å². The lowest BCUT2D eigenvalue weighted by Crippen LogP contribution is -2.26. The summed E-state index contributed by atoms with van der Waals surface area (Å²) in [4.78, 5) is 7.20. The van der Waals surface area contributed by atoms with Crippen LogP contribution in [0.2, 0.25) is 0 Å². The van der Waals surface area contributed by atoms with Gasteiger partial charge in [-0.15, -0.1) is 0 Å². The summed E-state index contributed by atoms with van der Waals surface area (Å²) in [6.07, 6.45) is 3.54. The monoisotopic (exact) mass is 277 g/mol. The molecule has 0 aliphatic carbocycles. The van der Waals surface area contributed by atoms with E-state index in [1.54, 1.807) is 6.19 Å².